The molecule has 0 spiro atoms. The van der Waals surface area contributed by atoms with Crippen molar-refractivity contribution in [2.45, 2.75) is 13.0 Å². The minimum Gasteiger partial charge on any atom is -0.492 e. The first-order valence-electron chi connectivity index (χ1n) is 7.37. The Bertz CT molecular complexity index is 520. The number of rotatable bonds is 8. The smallest absolute Gasteiger partial charge is 0.244 e. The van der Waals surface area contributed by atoms with Gasteiger partial charge in [0.25, 0.3) is 0 Å². The first kappa shape index (κ1) is 19.3. The number of hydrogen-bond acceptors (Lipinski definition) is 4. The van der Waals surface area contributed by atoms with Crippen LogP contribution in [0, 0.1) is 0 Å². The molecule has 0 aliphatic heterocycles. The van der Waals surface area contributed by atoms with Crippen molar-refractivity contribution in [3.05, 3.63) is 29.3 Å². The van der Waals surface area contributed by atoms with Crippen LogP contribution >= 0.6 is 11.6 Å². The normalized spacial score (nSPS) is 11.9. The van der Waals surface area contributed by atoms with Crippen molar-refractivity contribution in [1.29, 1.82) is 0 Å². The molecule has 0 saturated heterocycles. The van der Waals surface area contributed by atoms with Gasteiger partial charge in [-0.15, -0.1) is 0 Å². The summed E-state index contributed by atoms with van der Waals surface area (Å²) in [5, 5.41) is 3.34. The van der Waals surface area contributed by atoms with Gasteiger partial charge in [0.1, 0.15) is 18.4 Å². The molecule has 1 atom stereocenters. The van der Waals surface area contributed by atoms with Crippen LogP contribution in [-0.4, -0.2) is 68.5 Å². The maximum atomic E-state index is 11.9. The fourth-order valence-corrected chi connectivity index (χ4v) is 2.04. The highest BCUT2D eigenvalue weighted by Gasteiger charge is 2.17. The number of likely N-dealkylation sites (N-methyl/N-ethyl adjacent to an activating group) is 2. The second-order valence-corrected chi connectivity index (χ2v) is 6.00. The molecule has 0 fully saturated rings. The zero-order valence-electron chi connectivity index (χ0n) is 14.0. The Kier molecular flexibility index (Phi) is 7.85. The molecule has 0 bridgehead atoms. The van der Waals surface area contributed by atoms with Crippen LogP contribution in [0.1, 0.15) is 6.92 Å². The molecule has 0 saturated carbocycles. The lowest BCUT2D eigenvalue weighted by atomic mass is 10.3. The van der Waals surface area contributed by atoms with E-state index in [0.29, 0.717) is 18.2 Å². The van der Waals surface area contributed by atoms with Crippen LogP contribution in [0.2, 0.25) is 5.02 Å². The maximum absolute atomic E-state index is 11.9. The first-order chi connectivity index (χ1) is 10.8. The van der Waals surface area contributed by atoms with Gasteiger partial charge < -0.3 is 15.0 Å². The van der Waals surface area contributed by atoms with Crippen molar-refractivity contribution < 1.29 is 14.3 Å². The van der Waals surface area contributed by atoms with E-state index in [9.17, 15) is 9.59 Å². The summed E-state index contributed by atoms with van der Waals surface area (Å²) >= 11 is 5.80. The molecule has 7 heteroatoms. The average molecular weight is 342 g/mol. The number of nitrogens with one attached hydrogen (secondary N) is 1. The molecular formula is C16H24ClN3O3. The van der Waals surface area contributed by atoms with Crippen molar-refractivity contribution in [2.75, 3.05) is 40.8 Å². The number of carbonyl (C=O) groups is 2. The van der Waals surface area contributed by atoms with Gasteiger partial charge in [-0.1, -0.05) is 11.6 Å². The lowest BCUT2D eigenvalue weighted by Gasteiger charge is -2.20. The molecule has 0 aromatic heterocycles. The van der Waals surface area contributed by atoms with Crippen LogP contribution in [0.3, 0.4) is 0 Å². The molecule has 23 heavy (non-hydrogen) atoms. The standard InChI is InChI=1S/C16H24ClN3O3/c1-12(16(22)19(2)3)18-15(21)11-20(4)9-10-23-14-7-5-13(17)6-8-14/h5-8,12H,9-11H2,1-4H3,(H,18,21). The Balaban J connectivity index is 2.27. The zero-order chi connectivity index (χ0) is 17.4. The number of halogens is 1. The van der Waals surface area contributed by atoms with Crippen LogP contribution in [0.15, 0.2) is 24.3 Å². The van der Waals surface area contributed by atoms with E-state index in [-0.39, 0.29) is 18.4 Å². The van der Waals surface area contributed by atoms with E-state index in [1.807, 2.05) is 11.9 Å². The van der Waals surface area contributed by atoms with Crippen molar-refractivity contribution >= 4 is 23.4 Å². The third-order valence-corrected chi connectivity index (χ3v) is 3.41. The summed E-state index contributed by atoms with van der Waals surface area (Å²) in [6.45, 7) is 2.92. The Morgan fingerprint density at radius 1 is 1.22 bits per heavy atom. The van der Waals surface area contributed by atoms with E-state index in [4.69, 9.17) is 16.3 Å². The third kappa shape index (κ3) is 7.34. The summed E-state index contributed by atoms with van der Waals surface area (Å²) < 4.78 is 5.57. The van der Waals surface area contributed by atoms with Gasteiger partial charge in [0, 0.05) is 25.7 Å². The topological polar surface area (TPSA) is 61.9 Å². The molecule has 2 amide bonds. The Labute approximate surface area is 142 Å². The summed E-state index contributed by atoms with van der Waals surface area (Å²) in [6, 6.07) is 6.58. The lowest BCUT2D eigenvalue weighted by molar-refractivity contribution is -0.134. The van der Waals surface area contributed by atoms with Crippen molar-refractivity contribution in [1.82, 2.24) is 15.1 Å². The van der Waals surface area contributed by atoms with Crippen molar-refractivity contribution in [3.8, 4) is 5.75 Å². The van der Waals surface area contributed by atoms with Crippen LogP contribution in [-0.2, 0) is 9.59 Å². The molecular weight excluding hydrogens is 318 g/mol. The van der Waals surface area contributed by atoms with Crippen LogP contribution in [0.25, 0.3) is 0 Å². The largest absolute Gasteiger partial charge is 0.492 e. The molecule has 1 rings (SSSR count). The van der Waals surface area contributed by atoms with Crippen LogP contribution < -0.4 is 10.1 Å². The molecule has 6 nitrogen and oxygen atoms in total. The van der Waals surface area contributed by atoms with Gasteiger partial charge in [0.15, 0.2) is 0 Å². The van der Waals surface area contributed by atoms with Crippen LogP contribution in [0.5, 0.6) is 5.75 Å². The Hall–Kier alpha value is -1.79. The van der Waals surface area contributed by atoms with Gasteiger partial charge in [-0.05, 0) is 38.2 Å². The van der Waals surface area contributed by atoms with Gasteiger partial charge in [0.2, 0.25) is 11.8 Å². The van der Waals surface area contributed by atoms with Gasteiger partial charge in [-0.2, -0.15) is 0 Å². The van der Waals surface area contributed by atoms with Gasteiger partial charge in [-0.3, -0.25) is 14.5 Å². The average Bonchev–Trinajstić information content (AvgIpc) is 2.48. The fraction of sp³-hybridized carbons (Fsp3) is 0.500. The van der Waals surface area contributed by atoms with Crippen LogP contribution in [0.4, 0.5) is 0 Å². The number of hydrogen-bond donors (Lipinski definition) is 1. The molecule has 1 aromatic rings. The number of amides is 2. The summed E-state index contributed by atoms with van der Waals surface area (Å²) in [7, 11) is 5.14. The highest BCUT2D eigenvalue weighted by atomic mass is 35.5. The van der Waals surface area contributed by atoms with Crippen molar-refractivity contribution in [3.63, 3.8) is 0 Å². The number of ether oxygens (including phenoxy) is 1. The predicted molar refractivity (Wildman–Crippen MR) is 90.7 cm³/mol. The van der Waals surface area contributed by atoms with E-state index in [0.717, 1.165) is 5.75 Å². The monoisotopic (exact) mass is 341 g/mol. The van der Waals surface area contributed by atoms with Crippen molar-refractivity contribution in [2.24, 2.45) is 0 Å². The van der Waals surface area contributed by atoms with E-state index < -0.39 is 6.04 Å². The quantitative estimate of drug-likeness (QED) is 0.773. The minimum atomic E-state index is -0.531. The summed E-state index contributed by atoms with van der Waals surface area (Å²) in [5.41, 5.74) is 0. The van der Waals surface area contributed by atoms with Gasteiger partial charge in [-0.25, -0.2) is 0 Å². The summed E-state index contributed by atoms with van der Waals surface area (Å²) in [4.78, 5) is 26.9. The second-order valence-electron chi connectivity index (χ2n) is 5.56. The maximum Gasteiger partial charge on any atom is 0.244 e. The summed E-state index contributed by atoms with van der Waals surface area (Å²) in [6.07, 6.45) is 0. The van der Waals surface area contributed by atoms with E-state index >= 15 is 0 Å². The number of carbonyl (C=O) groups excluding carboxylic acids is 2. The molecule has 128 valence electrons. The molecule has 1 aromatic carbocycles. The highest BCUT2D eigenvalue weighted by Crippen LogP contribution is 2.15. The molecule has 0 aliphatic carbocycles. The fourth-order valence-electron chi connectivity index (χ4n) is 1.91. The third-order valence-electron chi connectivity index (χ3n) is 3.16. The highest BCUT2D eigenvalue weighted by molar-refractivity contribution is 6.30. The second kappa shape index (κ2) is 9.37. The van der Waals surface area contributed by atoms with E-state index in [1.54, 1.807) is 45.3 Å². The number of benzene rings is 1. The summed E-state index contributed by atoms with van der Waals surface area (Å²) in [5.74, 6) is 0.409. The predicted octanol–water partition coefficient (Wildman–Crippen LogP) is 1.24. The molecule has 1 N–H and O–H groups in total. The molecule has 0 aliphatic rings. The van der Waals surface area contributed by atoms with Gasteiger partial charge >= 0.3 is 0 Å². The van der Waals surface area contributed by atoms with E-state index in [2.05, 4.69) is 5.32 Å². The minimum absolute atomic E-state index is 0.132. The van der Waals surface area contributed by atoms with Gasteiger partial charge in [0.05, 0.1) is 6.54 Å². The molecule has 1 unspecified atom stereocenters. The molecule has 0 heterocycles. The SMILES string of the molecule is CC(NC(=O)CN(C)CCOc1ccc(Cl)cc1)C(=O)N(C)C. The first-order valence-corrected chi connectivity index (χ1v) is 7.75. The number of nitrogens with zero attached hydrogens (tertiary/aromatic N) is 2. The molecule has 0 radical (unpaired) electrons. The Morgan fingerprint density at radius 3 is 2.39 bits per heavy atom. The van der Waals surface area contributed by atoms with E-state index in [1.165, 1.54) is 4.90 Å². The Morgan fingerprint density at radius 2 is 1.83 bits per heavy atom. The zero-order valence-corrected chi connectivity index (χ0v) is 14.8. The lowest BCUT2D eigenvalue weighted by Crippen LogP contribution is -2.47.